The van der Waals surface area contributed by atoms with Gasteiger partial charge in [-0.05, 0) is 24.5 Å². The lowest BCUT2D eigenvalue weighted by atomic mass is 10.1. The van der Waals surface area contributed by atoms with Crippen LogP contribution in [0.4, 0.5) is 0 Å². The standard InChI is InChI=1S/C13H18O3/c1-3-7-12(13(14)15)16-11-9-6-5-8-10(11)4-2/h5-6,8-9,12H,3-4,7H2,1-2H3,(H,14,15). The SMILES string of the molecule is CCCC(Oc1ccccc1CC)C(=O)O. The lowest BCUT2D eigenvalue weighted by Gasteiger charge is -2.16. The van der Waals surface area contributed by atoms with Gasteiger partial charge in [0.15, 0.2) is 6.10 Å². The zero-order chi connectivity index (χ0) is 12.0. The fourth-order valence-electron chi connectivity index (χ4n) is 1.56. The summed E-state index contributed by atoms with van der Waals surface area (Å²) >= 11 is 0. The van der Waals surface area contributed by atoms with Gasteiger partial charge in [0.05, 0.1) is 0 Å². The van der Waals surface area contributed by atoms with Crippen molar-refractivity contribution in [2.45, 2.75) is 39.2 Å². The molecule has 1 aromatic rings. The van der Waals surface area contributed by atoms with E-state index in [1.807, 2.05) is 38.1 Å². The molecule has 0 aliphatic carbocycles. The van der Waals surface area contributed by atoms with Crippen molar-refractivity contribution >= 4 is 5.97 Å². The highest BCUT2D eigenvalue weighted by molar-refractivity contribution is 5.72. The highest BCUT2D eigenvalue weighted by Crippen LogP contribution is 2.20. The summed E-state index contributed by atoms with van der Waals surface area (Å²) in [5.74, 6) is -0.210. The van der Waals surface area contributed by atoms with Gasteiger partial charge in [-0.15, -0.1) is 0 Å². The van der Waals surface area contributed by atoms with Crippen molar-refractivity contribution in [1.82, 2.24) is 0 Å². The summed E-state index contributed by atoms with van der Waals surface area (Å²) < 4.78 is 5.54. The Bertz CT molecular complexity index is 347. The number of hydrogen-bond acceptors (Lipinski definition) is 2. The van der Waals surface area contributed by atoms with Crippen LogP contribution in [0.3, 0.4) is 0 Å². The molecule has 0 aromatic heterocycles. The lowest BCUT2D eigenvalue weighted by molar-refractivity contribution is -0.145. The molecule has 0 saturated carbocycles. The molecule has 0 saturated heterocycles. The van der Waals surface area contributed by atoms with Gasteiger partial charge in [0.1, 0.15) is 5.75 Å². The molecule has 0 spiro atoms. The van der Waals surface area contributed by atoms with E-state index in [4.69, 9.17) is 9.84 Å². The van der Waals surface area contributed by atoms with Crippen molar-refractivity contribution < 1.29 is 14.6 Å². The number of carboxylic acids is 1. The molecule has 0 bridgehead atoms. The van der Waals surface area contributed by atoms with Gasteiger partial charge in [-0.1, -0.05) is 38.5 Å². The van der Waals surface area contributed by atoms with Crippen molar-refractivity contribution in [2.75, 3.05) is 0 Å². The van der Waals surface area contributed by atoms with E-state index >= 15 is 0 Å². The Morgan fingerprint density at radius 3 is 2.62 bits per heavy atom. The van der Waals surface area contributed by atoms with E-state index in [1.54, 1.807) is 0 Å². The zero-order valence-corrected chi connectivity index (χ0v) is 9.77. The maximum atomic E-state index is 11.0. The molecule has 1 atom stereocenters. The second-order valence-electron chi connectivity index (χ2n) is 3.69. The average molecular weight is 222 g/mol. The molecular weight excluding hydrogens is 204 g/mol. The molecule has 1 unspecified atom stereocenters. The molecule has 1 aromatic carbocycles. The van der Waals surface area contributed by atoms with E-state index in [0.29, 0.717) is 12.2 Å². The molecule has 0 fully saturated rings. The number of benzene rings is 1. The van der Waals surface area contributed by atoms with E-state index in [-0.39, 0.29) is 0 Å². The second-order valence-corrected chi connectivity index (χ2v) is 3.69. The van der Waals surface area contributed by atoms with Crippen molar-refractivity contribution in [3.63, 3.8) is 0 Å². The molecular formula is C13H18O3. The number of aliphatic carboxylic acids is 1. The van der Waals surface area contributed by atoms with Crippen molar-refractivity contribution in [1.29, 1.82) is 0 Å². The maximum absolute atomic E-state index is 11.0. The van der Waals surface area contributed by atoms with E-state index in [9.17, 15) is 4.79 Å². The molecule has 1 rings (SSSR count). The Morgan fingerprint density at radius 2 is 2.06 bits per heavy atom. The number of ether oxygens (including phenoxy) is 1. The minimum Gasteiger partial charge on any atom is -0.479 e. The largest absolute Gasteiger partial charge is 0.479 e. The van der Waals surface area contributed by atoms with E-state index in [0.717, 1.165) is 18.4 Å². The fourth-order valence-corrected chi connectivity index (χ4v) is 1.56. The van der Waals surface area contributed by atoms with Gasteiger partial charge in [-0.25, -0.2) is 4.79 Å². The van der Waals surface area contributed by atoms with Crippen LogP contribution in [0.15, 0.2) is 24.3 Å². The van der Waals surface area contributed by atoms with Crippen LogP contribution in [-0.2, 0) is 11.2 Å². The summed E-state index contributed by atoms with van der Waals surface area (Å²) in [7, 11) is 0. The van der Waals surface area contributed by atoms with Crippen LogP contribution >= 0.6 is 0 Å². The van der Waals surface area contributed by atoms with Gasteiger partial charge in [-0.2, -0.15) is 0 Å². The molecule has 1 N–H and O–H groups in total. The van der Waals surface area contributed by atoms with Gasteiger partial charge >= 0.3 is 5.97 Å². The summed E-state index contributed by atoms with van der Waals surface area (Å²) in [5, 5.41) is 9.00. The number of aryl methyl sites for hydroxylation is 1. The first-order valence-corrected chi connectivity index (χ1v) is 5.66. The highest BCUT2D eigenvalue weighted by atomic mass is 16.5. The Labute approximate surface area is 96.1 Å². The summed E-state index contributed by atoms with van der Waals surface area (Å²) in [6.07, 6.45) is 1.44. The minimum atomic E-state index is -0.896. The van der Waals surface area contributed by atoms with Crippen LogP contribution in [0.25, 0.3) is 0 Å². The Hall–Kier alpha value is -1.51. The normalized spacial score (nSPS) is 12.1. The quantitative estimate of drug-likeness (QED) is 0.805. The van der Waals surface area contributed by atoms with Gasteiger partial charge in [0.25, 0.3) is 0 Å². The van der Waals surface area contributed by atoms with E-state index < -0.39 is 12.1 Å². The first kappa shape index (κ1) is 12.6. The average Bonchev–Trinajstić information content (AvgIpc) is 2.29. The first-order valence-electron chi connectivity index (χ1n) is 5.66. The minimum absolute atomic E-state index is 0.535. The Kier molecular flexibility index (Phi) is 4.83. The smallest absolute Gasteiger partial charge is 0.344 e. The number of para-hydroxylation sites is 1. The maximum Gasteiger partial charge on any atom is 0.344 e. The van der Waals surface area contributed by atoms with Crippen LogP contribution in [0.2, 0.25) is 0 Å². The second kappa shape index (κ2) is 6.16. The van der Waals surface area contributed by atoms with Crippen LogP contribution in [0, 0.1) is 0 Å². The first-order chi connectivity index (χ1) is 7.69. The molecule has 16 heavy (non-hydrogen) atoms. The summed E-state index contributed by atoms with van der Waals surface area (Å²) in [4.78, 5) is 11.0. The Morgan fingerprint density at radius 1 is 1.38 bits per heavy atom. The van der Waals surface area contributed by atoms with E-state index in [1.165, 1.54) is 0 Å². The van der Waals surface area contributed by atoms with Gasteiger partial charge in [0, 0.05) is 0 Å². The van der Waals surface area contributed by atoms with Crippen LogP contribution in [0.1, 0.15) is 32.3 Å². The van der Waals surface area contributed by atoms with Crippen LogP contribution in [-0.4, -0.2) is 17.2 Å². The van der Waals surface area contributed by atoms with Crippen LogP contribution < -0.4 is 4.74 Å². The van der Waals surface area contributed by atoms with Gasteiger partial charge < -0.3 is 9.84 Å². The van der Waals surface area contributed by atoms with Crippen LogP contribution in [0.5, 0.6) is 5.75 Å². The monoisotopic (exact) mass is 222 g/mol. The third-order valence-corrected chi connectivity index (χ3v) is 2.45. The number of hydrogen-bond donors (Lipinski definition) is 1. The molecule has 3 heteroatoms. The molecule has 88 valence electrons. The summed E-state index contributed by atoms with van der Waals surface area (Å²) in [6, 6.07) is 7.57. The third-order valence-electron chi connectivity index (χ3n) is 2.45. The zero-order valence-electron chi connectivity index (χ0n) is 9.77. The molecule has 0 aliphatic rings. The Balaban J connectivity index is 2.80. The predicted octanol–water partition coefficient (Wildman–Crippen LogP) is 2.88. The summed E-state index contributed by atoms with van der Waals surface area (Å²) in [6.45, 7) is 3.98. The predicted molar refractivity (Wildman–Crippen MR) is 62.8 cm³/mol. The van der Waals surface area contributed by atoms with Crippen molar-refractivity contribution in [3.05, 3.63) is 29.8 Å². The topological polar surface area (TPSA) is 46.5 Å². The molecule has 0 aliphatic heterocycles. The number of carbonyl (C=O) groups is 1. The number of rotatable bonds is 6. The third kappa shape index (κ3) is 3.26. The molecule has 0 amide bonds. The van der Waals surface area contributed by atoms with E-state index in [2.05, 4.69) is 0 Å². The van der Waals surface area contributed by atoms with Gasteiger partial charge in [0.2, 0.25) is 0 Å². The van der Waals surface area contributed by atoms with Crippen molar-refractivity contribution in [2.24, 2.45) is 0 Å². The summed E-state index contributed by atoms with van der Waals surface area (Å²) in [5.41, 5.74) is 1.05. The number of carboxylic acid groups (broad SMARTS) is 1. The lowest BCUT2D eigenvalue weighted by Crippen LogP contribution is -2.27. The van der Waals surface area contributed by atoms with Crippen molar-refractivity contribution in [3.8, 4) is 5.75 Å². The molecule has 0 radical (unpaired) electrons. The molecule has 0 heterocycles. The molecule has 3 nitrogen and oxygen atoms in total. The van der Waals surface area contributed by atoms with Gasteiger partial charge in [-0.3, -0.25) is 0 Å². The highest BCUT2D eigenvalue weighted by Gasteiger charge is 2.18. The fraction of sp³-hybridized carbons (Fsp3) is 0.462.